The number of hydrogen-bond donors (Lipinski definition) is 2. The van der Waals surface area contributed by atoms with Crippen molar-refractivity contribution < 1.29 is 13.9 Å². The molecule has 140 valence electrons. The van der Waals surface area contributed by atoms with E-state index in [1.54, 1.807) is 6.07 Å². The SMILES string of the molecule is COc1ccc(CCC(=O)NC2C3CCCC2CC(N)C3)cc1F.Cl. The van der Waals surface area contributed by atoms with E-state index in [2.05, 4.69) is 5.32 Å². The largest absolute Gasteiger partial charge is 0.494 e. The molecule has 2 atom stereocenters. The number of methoxy groups -OCH3 is 1. The first-order valence-electron chi connectivity index (χ1n) is 8.94. The minimum Gasteiger partial charge on any atom is -0.494 e. The molecule has 0 saturated heterocycles. The molecule has 6 heteroatoms. The molecule has 4 nitrogen and oxygen atoms in total. The van der Waals surface area contributed by atoms with Crippen LogP contribution in [0.4, 0.5) is 4.39 Å². The third kappa shape index (κ3) is 4.85. The van der Waals surface area contributed by atoms with Crippen LogP contribution in [-0.2, 0) is 11.2 Å². The number of nitrogens with one attached hydrogen (secondary N) is 1. The molecule has 2 saturated carbocycles. The Labute approximate surface area is 155 Å². The van der Waals surface area contributed by atoms with Crippen LogP contribution in [0.3, 0.4) is 0 Å². The molecule has 2 aliphatic carbocycles. The predicted octanol–water partition coefficient (Wildman–Crippen LogP) is 3.21. The van der Waals surface area contributed by atoms with E-state index < -0.39 is 0 Å². The summed E-state index contributed by atoms with van der Waals surface area (Å²) in [7, 11) is 1.44. The Morgan fingerprint density at radius 3 is 2.60 bits per heavy atom. The van der Waals surface area contributed by atoms with Gasteiger partial charge in [0.15, 0.2) is 11.6 Å². The molecule has 1 aromatic rings. The molecule has 0 radical (unpaired) electrons. The number of hydrogen-bond acceptors (Lipinski definition) is 3. The van der Waals surface area contributed by atoms with Gasteiger partial charge in [-0.15, -0.1) is 12.4 Å². The lowest BCUT2D eigenvalue weighted by Gasteiger charge is -2.45. The fraction of sp³-hybridized carbons (Fsp3) is 0.632. The first-order valence-corrected chi connectivity index (χ1v) is 8.94. The van der Waals surface area contributed by atoms with Crippen LogP contribution < -0.4 is 15.8 Å². The number of benzene rings is 1. The van der Waals surface area contributed by atoms with Gasteiger partial charge in [0.1, 0.15) is 0 Å². The van der Waals surface area contributed by atoms with Crippen LogP contribution in [0.25, 0.3) is 0 Å². The standard InChI is InChI=1S/C19H27FN2O2.ClH/c1-24-17-7-5-12(9-16(17)20)6-8-18(23)22-19-13-3-2-4-14(19)11-15(21)10-13;/h5,7,9,13-15,19H,2-4,6,8,10-11,21H2,1H3,(H,22,23);1H. The maximum absolute atomic E-state index is 13.7. The van der Waals surface area contributed by atoms with E-state index in [1.165, 1.54) is 32.4 Å². The lowest BCUT2D eigenvalue weighted by Crippen LogP contribution is -2.53. The first kappa shape index (κ1) is 20.0. The predicted molar refractivity (Wildman–Crippen MR) is 98.5 cm³/mol. The van der Waals surface area contributed by atoms with E-state index in [1.807, 2.05) is 6.07 Å². The van der Waals surface area contributed by atoms with E-state index in [-0.39, 0.29) is 42.0 Å². The zero-order valence-electron chi connectivity index (χ0n) is 14.7. The third-order valence-electron chi connectivity index (χ3n) is 5.56. The van der Waals surface area contributed by atoms with Crippen molar-refractivity contribution in [2.45, 2.75) is 57.0 Å². The second-order valence-corrected chi connectivity index (χ2v) is 7.24. The first-order chi connectivity index (χ1) is 11.6. The lowest BCUT2D eigenvalue weighted by atomic mass is 9.67. The van der Waals surface area contributed by atoms with Crippen LogP contribution in [0.2, 0.25) is 0 Å². The third-order valence-corrected chi connectivity index (χ3v) is 5.56. The van der Waals surface area contributed by atoms with Crippen LogP contribution in [0.1, 0.15) is 44.1 Å². The Bertz CT molecular complexity index is 585. The average molecular weight is 371 g/mol. The van der Waals surface area contributed by atoms with Crippen LogP contribution in [0.5, 0.6) is 5.75 Å². The molecule has 0 aromatic heterocycles. The maximum Gasteiger partial charge on any atom is 0.220 e. The smallest absolute Gasteiger partial charge is 0.220 e. The van der Waals surface area contributed by atoms with Gasteiger partial charge >= 0.3 is 0 Å². The Morgan fingerprint density at radius 1 is 1.32 bits per heavy atom. The molecule has 2 fully saturated rings. The summed E-state index contributed by atoms with van der Waals surface area (Å²) in [4.78, 5) is 12.3. The summed E-state index contributed by atoms with van der Waals surface area (Å²) in [5, 5.41) is 3.24. The van der Waals surface area contributed by atoms with Gasteiger partial charge in [-0.25, -0.2) is 4.39 Å². The van der Waals surface area contributed by atoms with Crippen molar-refractivity contribution in [1.82, 2.24) is 5.32 Å². The summed E-state index contributed by atoms with van der Waals surface area (Å²) in [6.45, 7) is 0. The summed E-state index contributed by atoms with van der Waals surface area (Å²) < 4.78 is 18.6. The number of halogens is 2. The molecule has 25 heavy (non-hydrogen) atoms. The van der Waals surface area contributed by atoms with Gasteiger partial charge in [-0.05, 0) is 61.6 Å². The summed E-state index contributed by atoms with van der Waals surface area (Å²) in [5.41, 5.74) is 6.95. The van der Waals surface area contributed by atoms with Crippen molar-refractivity contribution in [3.05, 3.63) is 29.6 Å². The number of nitrogens with two attached hydrogens (primary N) is 1. The Kier molecular flexibility index (Phi) is 7.08. The highest BCUT2D eigenvalue weighted by atomic mass is 35.5. The Morgan fingerprint density at radius 2 is 2.00 bits per heavy atom. The van der Waals surface area contributed by atoms with Gasteiger partial charge in [-0.1, -0.05) is 12.5 Å². The fourth-order valence-corrected chi connectivity index (χ4v) is 4.41. The number of rotatable bonds is 5. The number of amides is 1. The average Bonchev–Trinajstić information content (AvgIpc) is 2.54. The molecular weight excluding hydrogens is 343 g/mol. The molecule has 2 unspecified atom stereocenters. The van der Waals surface area contributed by atoms with Gasteiger partial charge in [-0.2, -0.15) is 0 Å². The van der Waals surface area contributed by atoms with Crippen molar-refractivity contribution in [2.75, 3.05) is 7.11 Å². The zero-order valence-corrected chi connectivity index (χ0v) is 15.5. The minimum absolute atomic E-state index is 0. The van der Waals surface area contributed by atoms with E-state index in [0.717, 1.165) is 18.4 Å². The highest BCUT2D eigenvalue weighted by molar-refractivity contribution is 5.85. The fourth-order valence-electron chi connectivity index (χ4n) is 4.41. The maximum atomic E-state index is 13.7. The zero-order chi connectivity index (χ0) is 17.1. The molecule has 2 aliphatic rings. The van der Waals surface area contributed by atoms with Crippen molar-refractivity contribution in [1.29, 1.82) is 0 Å². The van der Waals surface area contributed by atoms with Gasteiger partial charge < -0.3 is 15.8 Å². The monoisotopic (exact) mass is 370 g/mol. The van der Waals surface area contributed by atoms with Gasteiger partial charge in [0.25, 0.3) is 0 Å². The summed E-state index contributed by atoms with van der Waals surface area (Å²) >= 11 is 0. The van der Waals surface area contributed by atoms with Gasteiger partial charge in [0.2, 0.25) is 5.91 Å². The van der Waals surface area contributed by atoms with Crippen molar-refractivity contribution in [2.24, 2.45) is 17.6 Å². The van der Waals surface area contributed by atoms with E-state index in [0.29, 0.717) is 24.7 Å². The van der Waals surface area contributed by atoms with Crippen LogP contribution in [0, 0.1) is 17.7 Å². The molecule has 3 N–H and O–H groups in total. The van der Waals surface area contributed by atoms with Gasteiger partial charge in [0.05, 0.1) is 7.11 Å². The van der Waals surface area contributed by atoms with Crippen LogP contribution >= 0.6 is 12.4 Å². The molecule has 0 heterocycles. The van der Waals surface area contributed by atoms with Crippen molar-refractivity contribution in [3.8, 4) is 5.75 Å². The summed E-state index contributed by atoms with van der Waals surface area (Å²) in [6.07, 6.45) is 6.54. The van der Waals surface area contributed by atoms with E-state index >= 15 is 0 Å². The minimum atomic E-state index is -0.383. The Hall–Kier alpha value is -1.33. The molecule has 2 bridgehead atoms. The molecule has 1 aromatic carbocycles. The Balaban J connectivity index is 0.00000225. The van der Waals surface area contributed by atoms with Crippen molar-refractivity contribution >= 4 is 18.3 Å². The number of carbonyl (C=O) groups excluding carboxylic acids is 1. The quantitative estimate of drug-likeness (QED) is 0.836. The topological polar surface area (TPSA) is 64.3 Å². The second-order valence-electron chi connectivity index (χ2n) is 7.24. The number of aryl methyl sites for hydroxylation is 1. The normalized spacial score (nSPS) is 28.0. The molecular formula is C19H28ClFN2O2. The molecule has 0 spiro atoms. The summed E-state index contributed by atoms with van der Waals surface area (Å²) in [6, 6.07) is 5.42. The van der Waals surface area contributed by atoms with Gasteiger partial charge in [-0.3, -0.25) is 4.79 Å². The second kappa shape index (κ2) is 8.86. The van der Waals surface area contributed by atoms with Crippen LogP contribution in [-0.4, -0.2) is 25.1 Å². The number of carbonyl (C=O) groups is 1. The lowest BCUT2D eigenvalue weighted by molar-refractivity contribution is -0.123. The van der Waals surface area contributed by atoms with Crippen molar-refractivity contribution in [3.63, 3.8) is 0 Å². The number of ether oxygens (including phenoxy) is 1. The van der Waals surface area contributed by atoms with Crippen LogP contribution in [0.15, 0.2) is 18.2 Å². The van der Waals surface area contributed by atoms with Gasteiger partial charge in [0, 0.05) is 18.5 Å². The summed E-state index contributed by atoms with van der Waals surface area (Å²) in [5.74, 6) is 0.953. The van der Waals surface area contributed by atoms with E-state index in [4.69, 9.17) is 10.5 Å². The molecule has 3 rings (SSSR count). The highest BCUT2D eigenvalue weighted by Crippen LogP contribution is 2.39. The number of fused-ring (bicyclic) bond motifs is 2. The van der Waals surface area contributed by atoms with E-state index in [9.17, 15) is 9.18 Å². The molecule has 0 aliphatic heterocycles. The molecule has 1 amide bonds. The highest BCUT2D eigenvalue weighted by Gasteiger charge is 2.39.